The van der Waals surface area contributed by atoms with E-state index in [0.717, 1.165) is 0 Å². The van der Waals surface area contributed by atoms with Gasteiger partial charge in [0.25, 0.3) is 0 Å². The predicted molar refractivity (Wildman–Crippen MR) is 95.8 cm³/mol. The molecular weight excluding hydrogens is 338 g/mol. The standard InChI is InChI=1S/C18H27N3O5/c1-4-5-9-18(24,25)17(23)12(3)11(2)14(19)16(22)15(21-26)13-8-6-7-10-20-13/h6-8,10-12,14-15,24-25H,4-5,9,19H2,1-3H3/t11?,12?,14-,15?/m0/s1. The van der Waals surface area contributed by atoms with Gasteiger partial charge in [-0.05, 0) is 24.5 Å². The van der Waals surface area contributed by atoms with Crippen molar-refractivity contribution >= 4 is 11.6 Å². The van der Waals surface area contributed by atoms with Gasteiger partial charge < -0.3 is 15.9 Å². The first kappa shape index (κ1) is 22.0. The number of nitroso groups, excluding NO2 is 1. The van der Waals surface area contributed by atoms with Crippen LogP contribution in [0.5, 0.6) is 0 Å². The average Bonchev–Trinajstić information content (AvgIpc) is 2.65. The highest BCUT2D eigenvalue weighted by Gasteiger charge is 2.41. The lowest BCUT2D eigenvalue weighted by molar-refractivity contribution is -0.190. The minimum absolute atomic E-state index is 0.0883. The number of nitrogens with zero attached hydrogens (tertiary/aromatic N) is 2. The van der Waals surface area contributed by atoms with Gasteiger partial charge in [0, 0.05) is 18.5 Å². The molecule has 26 heavy (non-hydrogen) atoms. The van der Waals surface area contributed by atoms with Crippen LogP contribution in [0.3, 0.4) is 0 Å². The molecule has 3 unspecified atom stereocenters. The van der Waals surface area contributed by atoms with E-state index in [-0.39, 0.29) is 12.1 Å². The summed E-state index contributed by atoms with van der Waals surface area (Å²) in [4.78, 5) is 40.0. The van der Waals surface area contributed by atoms with E-state index in [2.05, 4.69) is 10.2 Å². The van der Waals surface area contributed by atoms with Crippen LogP contribution in [-0.4, -0.2) is 38.6 Å². The van der Waals surface area contributed by atoms with Crippen molar-refractivity contribution in [3.8, 4) is 0 Å². The molecule has 0 saturated carbocycles. The molecule has 4 N–H and O–H groups in total. The second kappa shape index (κ2) is 9.61. The number of nitrogens with two attached hydrogens (primary N) is 1. The van der Waals surface area contributed by atoms with E-state index in [1.54, 1.807) is 19.1 Å². The number of aromatic nitrogens is 1. The fourth-order valence-electron chi connectivity index (χ4n) is 2.69. The highest BCUT2D eigenvalue weighted by molar-refractivity contribution is 5.92. The molecular formula is C18H27N3O5. The molecule has 0 bridgehead atoms. The van der Waals surface area contributed by atoms with Gasteiger partial charge in [-0.15, -0.1) is 4.91 Å². The van der Waals surface area contributed by atoms with Crippen LogP contribution < -0.4 is 5.73 Å². The third-order valence-corrected chi connectivity index (χ3v) is 4.71. The topological polar surface area (TPSA) is 143 Å². The number of aliphatic hydroxyl groups is 2. The summed E-state index contributed by atoms with van der Waals surface area (Å²) < 4.78 is 0. The number of carbonyl (C=O) groups is 2. The van der Waals surface area contributed by atoms with Gasteiger partial charge in [0.05, 0.1) is 11.7 Å². The van der Waals surface area contributed by atoms with Crippen molar-refractivity contribution < 1.29 is 19.8 Å². The van der Waals surface area contributed by atoms with Crippen molar-refractivity contribution in [1.29, 1.82) is 0 Å². The van der Waals surface area contributed by atoms with Crippen molar-refractivity contribution in [3.05, 3.63) is 35.0 Å². The Balaban J connectivity index is 2.90. The second-order valence-electron chi connectivity index (χ2n) is 6.62. The Hall–Kier alpha value is -2.03. The molecule has 1 aromatic heterocycles. The molecule has 1 rings (SSSR count). The third-order valence-electron chi connectivity index (χ3n) is 4.71. The molecule has 1 heterocycles. The van der Waals surface area contributed by atoms with Crippen LogP contribution in [0.2, 0.25) is 0 Å². The van der Waals surface area contributed by atoms with E-state index in [9.17, 15) is 24.7 Å². The van der Waals surface area contributed by atoms with Gasteiger partial charge in [0.2, 0.25) is 5.79 Å². The van der Waals surface area contributed by atoms with Crippen LogP contribution >= 0.6 is 0 Å². The number of pyridine rings is 1. The van der Waals surface area contributed by atoms with Crippen LogP contribution in [0.15, 0.2) is 29.6 Å². The molecule has 4 atom stereocenters. The van der Waals surface area contributed by atoms with Gasteiger partial charge in [-0.1, -0.05) is 38.4 Å². The lowest BCUT2D eigenvalue weighted by Crippen LogP contribution is -2.49. The van der Waals surface area contributed by atoms with Crippen LogP contribution in [0.1, 0.15) is 51.8 Å². The zero-order chi connectivity index (χ0) is 19.9. The van der Waals surface area contributed by atoms with Gasteiger partial charge in [-0.25, -0.2) is 0 Å². The number of carbonyl (C=O) groups excluding carboxylic acids is 2. The highest BCUT2D eigenvalue weighted by atomic mass is 16.5. The van der Waals surface area contributed by atoms with Crippen LogP contribution in [0.25, 0.3) is 0 Å². The molecule has 0 saturated heterocycles. The number of rotatable bonds is 11. The minimum atomic E-state index is -2.46. The molecule has 0 aliphatic rings. The van der Waals surface area contributed by atoms with Gasteiger partial charge in [-0.3, -0.25) is 14.6 Å². The van der Waals surface area contributed by atoms with E-state index >= 15 is 0 Å². The first-order valence-electron chi connectivity index (χ1n) is 8.69. The van der Waals surface area contributed by atoms with Crippen LogP contribution in [0, 0.1) is 16.7 Å². The van der Waals surface area contributed by atoms with Crippen LogP contribution in [-0.2, 0) is 9.59 Å². The molecule has 8 nitrogen and oxygen atoms in total. The SMILES string of the molecule is CCCCC(O)(O)C(=O)C(C)C(C)[C@H](N)C(=O)C(N=O)c1ccccn1. The van der Waals surface area contributed by atoms with Gasteiger partial charge in [-0.2, -0.15) is 0 Å². The molecule has 144 valence electrons. The summed E-state index contributed by atoms with van der Waals surface area (Å²) in [7, 11) is 0. The molecule has 8 heteroatoms. The summed E-state index contributed by atoms with van der Waals surface area (Å²) in [6.45, 7) is 4.91. The van der Waals surface area contributed by atoms with Crippen molar-refractivity contribution in [2.75, 3.05) is 0 Å². The minimum Gasteiger partial charge on any atom is -0.360 e. The molecule has 0 radical (unpaired) electrons. The Morgan fingerprint density at radius 2 is 1.96 bits per heavy atom. The quantitative estimate of drug-likeness (QED) is 0.398. The normalized spacial score (nSPS) is 16.4. The highest BCUT2D eigenvalue weighted by Crippen LogP contribution is 2.26. The maximum Gasteiger partial charge on any atom is 0.224 e. The first-order chi connectivity index (χ1) is 12.2. The summed E-state index contributed by atoms with van der Waals surface area (Å²) in [5.41, 5.74) is 6.14. The molecule has 0 amide bonds. The Morgan fingerprint density at radius 3 is 2.46 bits per heavy atom. The maximum atomic E-state index is 12.6. The predicted octanol–water partition coefficient (Wildman–Crippen LogP) is 1.50. The number of ketones is 2. The van der Waals surface area contributed by atoms with Crippen molar-refractivity contribution in [2.24, 2.45) is 22.7 Å². The zero-order valence-corrected chi connectivity index (χ0v) is 15.3. The summed E-state index contributed by atoms with van der Waals surface area (Å²) in [6.07, 6.45) is 2.52. The van der Waals surface area contributed by atoms with E-state index < -0.39 is 41.3 Å². The molecule has 0 aromatic carbocycles. The molecule has 0 fully saturated rings. The van der Waals surface area contributed by atoms with Crippen molar-refractivity contribution in [3.63, 3.8) is 0 Å². The summed E-state index contributed by atoms with van der Waals surface area (Å²) in [5, 5.41) is 22.8. The Kier molecular flexibility index (Phi) is 8.13. The molecule has 0 aliphatic carbocycles. The van der Waals surface area contributed by atoms with Crippen LogP contribution in [0.4, 0.5) is 0 Å². The number of unbranched alkanes of at least 4 members (excludes halogenated alkanes) is 1. The van der Waals surface area contributed by atoms with E-state index in [0.29, 0.717) is 12.8 Å². The molecule has 1 aromatic rings. The third kappa shape index (κ3) is 5.23. The Morgan fingerprint density at radius 1 is 1.31 bits per heavy atom. The van der Waals surface area contributed by atoms with E-state index in [1.807, 2.05) is 6.92 Å². The average molecular weight is 365 g/mol. The number of hydrogen-bond acceptors (Lipinski definition) is 8. The lowest BCUT2D eigenvalue weighted by atomic mass is 9.80. The second-order valence-corrected chi connectivity index (χ2v) is 6.62. The first-order valence-corrected chi connectivity index (χ1v) is 8.69. The monoisotopic (exact) mass is 365 g/mol. The smallest absolute Gasteiger partial charge is 0.224 e. The molecule has 0 aliphatic heterocycles. The van der Waals surface area contributed by atoms with E-state index in [4.69, 9.17) is 5.73 Å². The number of hydrogen-bond donors (Lipinski definition) is 3. The number of Topliss-reactive ketones (excluding diaryl/α,β-unsaturated/α-hetero) is 2. The Bertz CT molecular complexity index is 621. The van der Waals surface area contributed by atoms with E-state index in [1.165, 1.54) is 19.2 Å². The van der Waals surface area contributed by atoms with Gasteiger partial charge >= 0.3 is 0 Å². The fourth-order valence-corrected chi connectivity index (χ4v) is 2.69. The maximum absolute atomic E-state index is 12.6. The summed E-state index contributed by atoms with van der Waals surface area (Å²) in [6, 6.07) is 2.20. The van der Waals surface area contributed by atoms with Crippen molar-refractivity contribution in [1.82, 2.24) is 4.98 Å². The lowest BCUT2D eigenvalue weighted by Gasteiger charge is -2.30. The van der Waals surface area contributed by atoms with Crippen molar-refractivity contribution in [2.45, 2.75) is 57.9 Å². The zero-order valence-electron chi connectivity index (χ0n) is 15.3. The Labute approximate surface area is 152 Å². The summed E-state index contributed by atoms with van der Waals surface area (Å²) in [5.74, 6) is -5.54. The van der Waals surface area contributed by atoms with Gasteiger partial charge in [0.1, 0.15) is 0 Å². The largest absolute Gasteiger partial charge is 0.360 e. The fraction of sp³-hybridized carbons (Fsp3) is 0.611. The molecule has 0 spiro atoms. The summed E-state index contributed by atoms with van der Waals surface area (Å²) >= 11 is 0. The van der Waals surface area contributed by atoms with Gasteiger partial charge in [0.15, 0.2) is 17.6 Å².